The highest BCUT2D eigenvalue weighted by atomic mass is 35.5. The normalized spacial score (nSPS) is 10.8. The second-order valence-corrected chi connectivity index (χ2v) is 6.04. The zero-order valence-corrected chi connectivity index (χ0v) is 14.2. The maximum absolute atomic E-state index is 11.3. The van der Waals surface area contributed by atoms with Crippen molar-refractivity contribution in [2.75, 3.05) is 0 Å². The SMILES string of the molecule is Cc1nnc(-c2ccc(C(=O)Cl)c(Cl)c2)n1-c1ccc(Cl)cc1. The van der Waals surface area contributed by atoms with Gasteiger partial charge in [0.2, 0.25) is 0 Å². The van der Waals surface area contributed by atoms with Gasteiger partial charge in [0, 0.05) is 16.3 Å². The molecular weight excluding hydrogens is 357 g/mol. The van der Waals surface area contributed by atoms with Crippen molar-refractivity contribution < 1.29 is 4.79 Å². The zero-order chi connectivity index (χ0) is 16.6. The summed E-state index contributed by atoms with van der Waals surface area (Å²) in [7, 11) is 0. The molecule has 7 heteroatoms. The molecule has 0 unspecified atom stereocenters. The summed E-state index contributed by atoms with van der Waals surface area (Å²) in [4.78, 5) is 11.3. The molecule has 2 aromatic carbocycles. The summed E-state index contributed by atoms with van der Waals surface area (Å²) in [5, 5.41) is 8.64. The molecule has 0 fully saturated rings. The maximum atomic E-state index is 11.3. The molecule has 0 bridgehead atoms. The largest absolute Gasteiger partial charge is 0.279 e. The second-order valence-electron chi connectivity index (χ2n) is 4.85. The van der Waals surface area contributed by atoms with Crippen LogP contribution in [-0.2, 0) is 0 Å². The predicted molar refractivity (Wildman–Crippen MR) is 91.7 cm³/mol. The van der Waals surface area contributed by atoms with E-state index >= 15 is 0 Å². The van der Waals surface area contributed by atoms with Gasteiger partial charge in [-0.1, -0.05) is 29.3 Å². The molecule has 0 saturated heterocycles. The van der Waals surface area contributed by atoms with Crippen LogP contribution in [0.25, 0.3) is 17.1 Å². The third kappa shape index (κ3) is 3.11. The third-order valence-corrected chi connectivity index (χ3v) is 4.12. The van der Waals surface area contributed by atoms with Crippen LogP contribution in [-0.4, -0.2) is 20.0 Å². The van der Waals surface area contributed by atoms with E-state index < -0.39 is 5.24 Å². The number of carbonyl (C=O) groups excluding carboxylic acids is 1. The van der Waals surface area contributed by atoms with Crippen LogP contribution in [0.5, 0.6) is 0 Å². The molecule has 1 aromatic heterocycles. The van der Waals surface area contributed by atoms with E-state index in [2.05, 4.69) is 10.2 Å². The van der Waals surface area contributed by atoms with Crippen LogP contribution in [0.15, 0.2) is 42.5 Å². The lowest BCUT2D eigenvalue weighted by atomic mass is 10.1. The van der Waals surface area contributed by atoms with Crippen molar-refractivity contribution in [1.29, 1.82) is 0 Å². The highest BCUT2D eigenvalue weighted by Crippen LogP contribution is 2.28. The monoisotopic (exact) mass is 365 g/mol. The van der Waals surface area contributed by atoms with Gasteiger partial charge in [0.1, 0.15) is 5.82 Å². The fourth-order valence-corrected chi connectivity index (χ4v) is 2.87. The van der Waals surface area contributed by atoms with Crippen molar-refractivity contribution in [2.24, 2.45) is 0 Å². The van der Waals surface area contributed by atoms with Gasteiger partial charge in [-0.3, -0.25) is 9.36 Å². The molecule has 0 aliphatic carbocycles. The van der Waals surface area contributed by atoms with E-state index in [1.807, 2.05) is 23.6 Å². The summed E-state index contributed by atoms with van der Waals surface area (Å²) < 4.78 is 1.88. The molecule has 4 nitrogen and oxygen atoms in total. The van der Waals surface area contributed by atoms with Crippen molar-refractivity contribution >= 4 is 40.0 Å². The van der Waals surface area contributed by atoms with Gasteiger partial charge in [-0.25, -0.2) is 0 Å². The number of hydrogen-bond acceptors (Lipinski definition) is 3. The molecule has 0 amide bonds. The number of halogens is 3. The van der Waals surface area contributed by atoms with Gasteiger partial charge in [-0.05, 0) is 54.9 Å². The van der Waals surface area contributed by atoms with Gasteiger partial charge >= 0.3 is 0 Å². The molecule has 0 aliphatic heterocycles. The lowest BCUT2D eigenvalue weighted by Crippen LogP contribution is -2.00. The molecule has 0 radical (unpaired) electrons. The quantitative estimate of drug-likeness (QED) is 0.618. The van der Waals surface area contributed by atoms with Gasteiger partial charge in [0.25, 0.3) is 5.24 Å². The van der Waals surface area contributed by atoms with Crippen LogP contribution >= 0.6 is 34.8 Å². The number of rotatable bonds is 3. The average molecular weight is 367 g/mol. The minimum absolute atomic E-state index is 0.256. The van der Waals surface area contributed by atoms with E-state index in [9.17, 15) is 4.79 Å². The van der Waals surface area contributed by atoms with E-state index in [0.29, 0.717) is 10.8 Å². The Morgan fingerprint density at radius 2 is 1.74 bits per heavy atom. The Balaban J connectivity index is 2.13. The van der Waals surface area contributed by atoms with Crippen molar-refractivity contribution in [3.8, 4) is 17.1 Å². The highest BCUT2D eigenvalue weighted by Gasteiger charge is 2.15. The molecule has 0 aliphatic rings. The lowest BCUT2D eigenvalue weighted by molar-refractivity contribution is 0.108. The minimum atomic E-state index is -0.600. The number of aromatic nitrogens is 3. The smallest absolute Gasteiger partial charge is 0.253 e. The lowest BCUT2D eigenvalue weighted by Gasteiger charge is -2.10. The molecule has 0 atom stereocenters. The molecule has 3 aromatic rings. The number of hydrogen-bond donors (Lipinski definition) is 0. The predicted octanol–water partition coefficient (Wildman–Crippen LogP) is 4.93. The Labute approximate surface area is 147 Å². The Morgan fingerprint density at radius 1 is 1.04 bits per heavy atom. The van der Waals surface area contributed by atoms with E-state index in [1.54, 1.807) is 30.3 Å². The summed E-state index contributed by atoms with van der Waals surface area (Å²) in [6, 6.07) is 12.3. The Kier molecular flexibility index (Phi) is 4.39. The van der Waals surface area contributed by atoms with Crippen LogP contribution in [0.2, 0.25) is 10.0 Å². The van der Waals surface area contributed by atoms with E-state index in [4.69, 9.17) is 34.8 Å². The van der Waals surface area contributed by atoms with E-state index in [1.165, 1.54) is 0 Å². The van der Waals surface area contributed by atoms with Gasteiger partial charge in [0.05, 0.1) is 10.6 Å². The molecule has 1 heterocycles. The summed E-state index contributed by atoms with van der Waals surface area (Å²) in [5.74, 6) is 1.33. The zero-order valence-electron chi connectivity index (χ0n) is 11.9. The van der Waals surface area contributed by atoms with Crippen LogP contribution < -0.4 is 0 Å². The molecule has 116 valence electrons. The second kappa shape index (κ2) is 6.32. The topological polar surface area (TPSA) is 47.8 Å². The van der Waals surface area contributed by atoms with Crippen LogP contribution in [0.1, 0.15) is 16.2 Å². The molecular formula is C16H10Cl3N3O. The van der Waals surface area contributed by atoms with Gasteiger partial charge in [0.15, 0.2) is 5.82 Å². The molecule has 23 heavy (non-hydrogen) atoms. The highest BCUT2D eigenvalue weighted by molar-refractivity contribution is 6.68. The van der Waals surface area contributed by atoms with Crippen LogP contribution in [0.3, 0.4) is 0 Å². The minimum Gasteiger partial charge on any atom is -0.279 e. The first-order chi connectivity index (χ1) is 11.0. The Bertz CT molecular complexity index is 888. The van der Waals surface area contributed by atoms with E-state index in [0.717, 1.165) is 17.1 Å². The average Bonchev–Trinajstić information content (AvgIpc) is 2.89. The van der Waals surface area contributed by atoms with Crippen molar-refractivity contribution in [3.63, 3.8) is 0 Å². The Morgan fingerprint density at radius 3 is 2.35 bits per heavy atom. The fraction of sp³-hybridized carbons (Fsp3) is 0.0625. The summed E-state index contributed by atoms with van der Waals surface area (Å²) in [5.41, 5.74) is 1.86. The van der Waals surface area contributed by atoms with Crippen molar-refractivity contribution in [1.82, 2.24) is 14.8 Å². The molecule has 0 saturated carbocycles. The molecule has 0 spiro atoms. The number of benzene rings is 2. The molecule has 0 N–H and O–H groups in total. The Hall–Kier alpha value is -1.88. The fourth-order valence-electron chi connectivity index (χ4n) is 2.26. The first-order valence-corrected chi connectivity index (χ1v) is 7.78. The summed E-state index contributed by atoms with van der Waals surface area (Å²) in [6.07, 6.45) is 0. The van der Waals surface area contributed by atoms with Crippen molar-refractivity contribution in [3.05, 3.63) is 63.9 Å². The number of nitrogens with zero attached hydrogens (tertiary/aromatic N) is 3. The number of aryl methyl sites for hydroxylation is 1. The summed E-state index contributed by atoms with van der Waals surface area (Å²) >= 11 is 17.5. The molecule has 3 rings (SSSR count). The van der Waals surface area contributed by atoms with Crippen LogP contribution in [0, 0.1) is 6.92 Å². The van der Waals surface area contributed by atoms with Gasteiger partial charge in [-0.2, -0.15) is 0 Å². The third-order valence-electron chi connectivity index (χ3n) is 3.35. The first-order valence-electron chi connectivity index (χ1n) is 6.65. The van der Waals surface area contributed by atoms with Crippen LogP contribution in [0.4, 0.5) is 0 Å². The van der Waals surface area contributed by atoms with E-state index in [-0.39, 0.29) is 10.6 Å². The van der Waals surface area contributed by atoms with Crippen molar-refractivity contribution in [2.45, 2.75) is 6.92 Å². The van der Waals surface area contributed by atoms with Gasteiger partial charge in [-0.15, -0.1) is 10.2 Å². The standard InChI is InChI=1S/C16H10Cl3N3O/c1-9-20-21-16(22(9)12-5-3-11(17)4-6-12)10-2-7-13(15(19)23)14(18)8-10/h2-8H,1H3. The maximum Gasteiger partial charge on any atom is 0.253 e. The summed E-state index contributed by atoms with van der Waals surface area (Å²) in [6.45, 7) is 1.85. The first kappa shape index (κ1) is 16.0. The number of carbonyl (C=O) groups is 1. The van der Waals surface area contributed by atoms with Gasteiger partial charge < -0.3 is 0 Å².